The molecule has 0 bridgehead atoms. The summed E-state index contributed by atoms with van der Waals surface area (Å²) in [6, 6.07) is 3.71. The zero-order valence-corrected chi connectivity index (χ0v) is 11.0. The lowest BCUT2D eigenvalue weighted by Gasteiger charge is -2.26. The van der Waals surface area contributed by atoms with Gasteiger partial charge in [-0.3, -0.25) is 10.1 Å². The van der Waals surface area contributed by atoms with E-state index in [-0.39, 0.29) is 23.5 Å². The van der Waals surface area contributed by atoms with Crippen LogP contribution in [0, 0.1) is 17.0 Å². The predicted octanol–water partition coefficient (Wildman–Crippen LogP) is 1.99. The number of halogens is 3. The van der Waals surface area contributed by atoms with E-state index in [1.807, 2.05) is 0 Å². The maximum Gasteiger partial charge on any atom is 0.433 e. The van der Waals surface area contributed by atoms with Crippen LogP contribution in [0.15, 0.2) is 18.2 Å². The summed E-state index contributed by atoms with van der Waals surface area (Å²) in [6.45, 7) is 0.775. The van der Waals surface area contributed by atoms with Crippen LogP contribution < -0.4 is 4.90 Å². The number of hydrogen-bond acceptors (Lipinski definition) is 5. The second-order valence-corrected chi connectivity index (χ2v) is 4.71. The van der Waals surface area contributed by atoms with Crippen molar-refractivity contribution < 1.29 is 27.9 Å². The summed E-state index contributed by atoms with van der Waals surface area (Å²) >= 11 is 0. The molecule has 1 fully saturated rings. The predicted molar refractivity (Wildman–Crippen MR) is 67.0 cm³/mol. The van der Waals surface area contributed by atoms with Crippen molar-refractivity contribution in [3.8, 4) is 0 Å². The Morgan fingerprint density at radius 2 is 2.19 bits per heavy atom. The summed E-state index contributed by atoms with van der Waals surface area (Å²) < 4.78 is 43.6. The van der Waals surface area contributed by atoms with Gasteiger partial charge in [0.1, 0.15) is 6.10 Å². The molecule has 0 radical (unpaired) electrons. The van der Waals surface area contributed by atoms with Crippen molar-refractivity contribution in [1.82, 2.24) is 0 Å². The highest BCUT2D eigenvalue weighted by molar-refractivity contribution is 5.56. The molecule has 2 atom stereocenters. The Labute approximate surface area is 117 Å². The average molecular weight is 306 g/mol. The first kappa shape index (κ1) is 15.5. The normalized spacial score (nSPS) is 22.6. The largest absolute Gasteiger partial charge is 0.433 e. The summed E-state index contributed by atoms with van der Waals surface area (Å²) in [4.78, 5) is 11.1. The van der Waals surface area contributed by atoms with E-state index in [4.69, 9.17) is 9.84 Å². The van der Waals surface area contributed by atoms with Crippen molar-refractivity contribution in [2.45, 2.75) is 25.4 Å². The molecule has 1 aromatic carbocycles. The quantitative estimate of drug-likeness (QED) is 0.682. The monoisotopic (exact) mass is 306 g/mol. The van der Waals surface area contributed by atoms with E-state index in [9.17, 15) is 23.3 Å². The van der Waals surface area contributed by atoms with Gasteiger partial charge in [-0.1, -0.05) is 0 Å². The van der Waals surface area contributed by atoms with Crippen molar-refractivity contribution >= 4 is 11.4 Å². The number of nitrogens with zero attached hydrogens (tertiary/aromatic N) is 2. The van der Waals surface area contributed by atoms with Crippen LogP contribution in [0.5, 0.6) is 0 Å². The summed E-state index contributed by atoms with van der Waals surface area (Å²) in [6.07, 6.45) is -7.75. The summed E-state index contributed by atoms with van der Waals surface area (Å²) in [5.41, 5.74) is 0.253. The highest BCUT2D eigenvalue weighted by Crippen LogP contribution is 2.36. The van der Waals surface area contributed by atoms with Gasteiger partial charge in [0, 0.05) is 23.9 Å². The van der Waals surface area contributed by atoms with Crippen molar-refractivity contribution in [2.24, 2.45) is 0 Å². The summed E-state index contributed by atoms with van der Waals surface area (Å²) in [5, 5.41) is 19.7. The van der Waals surface area contributed by atoms with Crippen LogP contribution in [0.2, 0.25) is 0 Å². The van der Waals surface area contributed by atoms with E-state index in [1.54, 1.807) is 0 Å². The van der Waals surface area contributed by atoms with Gasteiger partial charge in [-0.15, -0.1) is 0 Å². The van der Waals surface area contributed by atoms with E-state index < -0.39 is 30.0 Å². The van der Waals surface area contributed by atoms with Gasteiger partial charge < -0.3 is 14.7 Å². The molecule has 6 nitrogen and oxygen atoms in total. The molecule has 116 valence electrons. The lowest BCUT2D eigenvalue weighted by atomic mass is 10.1. The molecule has 1 aromatic rings. The van der Waals surface area contributed by atoms with Crippen LogP contribution >= 0.6 is 0 Å². The lowest BCUT2D eigenvalue weighted by Crippen LogP contribution is -2.42. The van der Waals surface area contributed by atoms with Gasteiger partial charge in [0.2, 0.25) is 6.23 Å². The second kappa shape index (κ2) is 5.49. The average Bonchev–Trinajstić information content (AvgIpc) is 2.82. The smallest absolute Gasteiger partial charge is 0.394 e. The highest BCUT2D eigenvalue weighted by atomic mass is 19.4. The lowest BCUT2D eigenvalue weighted by molar-refractivity contribution is -0.385. The Morgan fingerprint density at radius 1 is 1.52 bits per heavy atom. The minimum Gasteiger partial charge on any atom is -0.394 e. The molecule has 1 aliphatic heterocycles. The molecule has 1 N–H and O–H groups in total. The van der Waals surface area contributed by atoms with Crippen LogP contribution in [-0.2, 0) is 4.74 Å². The first-order valence-electron chi connectivity index (χ1n) is 6.08. The van der Waals surface area contributed by atoms with Crippen molar-refractivity contribution in [3.05, 3.63) is 33.9 Å². The molecule has 0 amide bonds. The number of benzene rings is 1. The maximum absolute atomic E-state index is 13.0. The van der Waals surface area contributed by atoms with E-state index in [2.05, 4.69) is 0 Å². The van der Waals surface area contributed by atoms with Crippen LogP contribution in [0.3, 0.4) is 0 Å². The zero-order chi connectivity index (χ0) is 15.8. The molecule has 0 aliphatic carbocycles. The molecule has 1 heterocycles. The highest BCUT2D eigenvalue weighted by Gasteiger charge is 2.50. The third kappa shape index (κ3) is 3.08. The number of nitro benzene ring substituents is 1. The Bertz CT molecular complexity index is 550. The van der Waals surface area contributed by atoms with Gasteiger partial charge in [-0.25, -0.2) is 0 Å². The number of aliphatic hydroxyl groups is 1. The SMILES string of the molecule is Cc1cc(N2C[C@@H](CO)O[C@H]2C(F)(F)F)ccc1[N+](=O)[O-]. The minimum absolute atomic E-state index is 0.141. The third-order valence-corrected chi connectivity index (χ3v) is 3.20. The number of alkyl halides is 3. The fourth-order valence-electron chi connectivity index (χ4n) is 2.23. The van der Waals surface area contributed by atoms with Crippen LogP contribution in [-0.4, -0.2) is 41.7 Å². The number of aliphatic hydroxyl groups excluding tert-OH is 1. The number of rotatable bonds is 3. The van der Waals surface area contributed by atoms with Crippen molar-refractivity contribution in [3.63, 3.8) is 0 Å². The van der Waals surface area contributed by atoms with E-state index in [0.29, 0.717) is 0 Å². The Kier molecular flexibility index (Phi) is 4.06. The molecule has 0 spiro atoms. The Hall–Kier alpha value is -1.87. The molecule has 0 unspecified atom stereocenters. The molecular formula is C12H13F3N2O4. The van der Waals surface area contributed by atoms with Gasteiger partial charge in [-0.2, -0.15) is 13.2 Å². The molecule has 2 rings (SSSR count). The standard InChI is InChI=1S/C12H13F3N2O4/c1-7-4-8(2-3-10(7)17(19)20)16-5-9(6-18)21-11(16)12(13,14)15/h2-4,9,11,18H,5-6H2,1H3/t9-,11-/m0/s1. The van der Waals surface area contributed by atoms with Crippen molar-refractivity contribution in [1.29, 1.82) is 0 Å². The zero-order valence-electron chi connectivity index (χ0n) is 11.0. The first-order chi connectivity index (χ1) is 9.74. The number of hydrogen-bond donors (Lipinski definition) is 1. The topological polar surface area (TPSA) is 75.8 Å². The van der Waals surface area contributed by atoms with E-state index in [1.165, 1.54) is 19.1 Å². The third-order valence-electron chi connectivity index (χ3n) is 3.20. The summed E-state index contributed by atoms with van der Waals surface area (Å²) in [5.74, 6) is 0. The van der Waals surface area contributed by atoms with E-state index in [0.717, 1.165) is 11.0 Å². The Morgan fingerprint density at radius 3 is 2.67 bits per heavy atom. The minimum atomic E-state index is -4.63. The number of aryl methyl sites for hydroxylation is 1. The van der Waals surface area contributed by atoms with Gasteiger partial charge >= 0.3 is 6.18 Å². The summed E-state index contributed by atoms with van der Waals surface area (Å²) in [7, 11) is 0. The van der Waals surface area contributed by atoms with Crippen LogP contribution in [0.25, 0.3) is 0 Å². The number of anilines is 1. The molecule has 1 saturated heterocycles. The number of nitro groups is 1. The molecular weight excluding hydrogens is 293 g/mol. The van der Waals surface area contributed by atoms with Gasteiger partial charge in [0.05, 0.1) is 11.5 Å². The Balaban J connectivity index is 2.35. The molecule has 0 saturated carbocycles. The number of ether oxygens (including phenoxy) is 1. The molecule has 21 heavy (non-hydrogen) atoms. The molecule has 1 aliphatic rings. The maximum atomic E-state index is 13.0. The first-order valence-corrected chi connectivity index (χ1v) is 6.08. The van der Waals surface area contributed by atoms with Gasteiger partial charge in [0.15, 0.2) is 0 Å². The fraction of sp³-hybridized carbons (Fsp3) is 0.500. The van der Waals surface area contributed by atoms with Crippen LogP contribution in [0.4, 0.5) is 24.5 Å². The fourth-order valence-corrected chi connectivity index (χ4v) is 2.23. The second-order valence-electron chi connectivity index (χ2n) is 4.71. The van der Waals surface area contributed by atoms with Crippen LogP contribution in [0.1, 0.15) is 5.56 Å². The van der Waals surface area contributed by atoms with Gasteiger partial charge in [0.25, 0.3) is 5.69 Å². The van der Waals surface area contributed by atoms with Gasteiger partial charge in [-0.05, 0) is 19.1 Å². The molecule has 9 heteroatoms. The molecule has 0 aromatic heterocycles. The van der Waals surface area contributed by atoms with Crippen molar-refractivity contribution in [2.75, 3.05) is 18.1 Å². The van der Waals surface area contributed by atoms with E-state index >= 15 is 0 Å².